The van der Waals surface area contributed by atoms with Crippen molar-refractivity contribution in [2.24, 2.45) is 0 Å². The molecule has 0 bridgehead atoms. The minimum absolute atomic E-state index is 0.141. The molecule has 2 rings (SSSR count). The average Bonchev–Trinajstić information content (AvgIpc) is 2.32. The van der Waals surface area contributed by atoms with Crippen LogP contribution in [0, 0.1) is 19.7 Å². The molecule has 0 aliphatic carbocycles. The van der Waals surface area contributed by atoms with Gasteiger partial charge in [-0.1, -0.05) is 29.5 Å². The second kappa shape index (κ2) is 5.55. The standard InChI is InChI=1S/C15H15FOS/c1-10-3-4-15(11(2)5-10)18-14-7-12(9-17)6-13(16)8-14/h3-8,17H,9H2,1-2H3. The van der Waals surface area contributed by atoms with Crippen LogP contribution in [0.1, 0.15) is 16.7 Å². The van der Waals surface area contributed by atoms with Crippen molar-refractivity contribution in [2.45, 2.75) is 30.2 Å². The summed E-state index contributed by atoms with van der Waals surface area (Å²) in [6.45, 7) is 3.95. The molecule has 0 aliphatic rings. The lowest BCUT2D eigenvalue weighted by atomic mass is 10.2. The van der Waals surface area contributed by atoms with E-state index in [1.807, 2.05) is 32.0 Å². The molecule has 94 valence electrons. The van der Waals surface area contributed by atoms with Crippen LogP contribution in [-0.4, -0.2) is 5.11 Å². The van der Waals surface area contributed by atoms with Crippen molar-refractivity contribution in [1.29, 1.82) is 0 Å². The minimum Gasteiger partial charge on any atom is -0.392 e. The maximum Gasteiger partial charge on any atom is 0.124 e. The number of benzene rings is 2. The summed E-state index contributed by atoms with van der Waals surface area (Å²) in [5.41, 5.74) is 2.99. The van der Waals surface area contributed by atoms with E-state index in [-0.39, 0.29) is 12.4 Å². The normalized spacial score (nSPS) is 10.7. The Hall–Kier alpha value is -1.32. The molecule has 0 saturated carbocycles. The Morgan fingerprint density at radius 2 is 1.89 bits per heavy atom. The summed E-state index contributed by atoms with van der Waals surface area (Å²) in [7, 11) is 0. The summed E-state index contributed by atoms with van der Waals surface area (Å²) in [4.78, 5) is 1.92. The highest BCUT2D eigenvalue weighted by molar-refractivity contribution is 7.99. The third-order valence-electron chi connectivity index (χ3n) is 2.67. The maximum absolute atomic E-state index is 13.4. The molecule has 0 radical (unpaired) electrons. The van der Waals surface area contributed by atoms with Crippen molar-refractivity contribution >= 4 is 11.8 Å². The molecule has 0 saturated heterocycles. The summed E-state index contributed by atoms with van der Waals surface area (Å²) in [6.07, 6.45) is 0. The molecule has 1 N–H and O–H groups in total. The Morgan fingerprint density at radius 1 is 1.11 bits per heavy atom. The van der Waals surface area contributed by atoms with Crippen LogP contribution in [0.3, 0.4) is 0 Å². The third kappa shape index (κ3) is 3.12. The van der Waals surface area contributed by atoms with E-state index in [0.29, 0.717) is 5.56 Å². The monoisotopic (exact) mass is 262 g/mol. The number of hydrogen-bond donors (Lipinski definition) is 1. The molecule has 0 aromatic heterocycles. The van der Waals surface area contributed by atoms with Gasteiger partial charge in [-0.25, -0.2) is 4.39 Å². The number of halogens is 1. The van der Waals surface area contributed by atoms with Crippen LogP contribution in [0.2, 0.25) is 0 Å². The van der Waals surface area contributed by atoms with Crippen molar-refractivity contribution in [2.75, 3.05) is 0 Å². The molecule has 0 amide bonds. The molecular formula is C15H15FOS. The van der Waals surface area contributed by atoms with Gasteiger partial charge in [0.1, 0.15) is 5.82 Å². The van der Waals surface area contributed by atoms with Gasteiger partial charge in [0.25, 0.3) is 0 Å². The molecule has 0 unspecified atom stereocenters. The van der Waals surface area contributed by atoms with Gasteiger partial charge in [-0.05, 0) is 49.2 Å². The van der Waals surface area contributed by atoms with Crippen LogP contribution in [0.4, 0.5) is 4.39 Å². The lowest BCUT2D eigenvalue weighted by molar-refractivity contribution is 0.281. The Balaban J connectivity index is 2.30. The summed E-state index contributed by atoms with van der Waals surface area (Å²) < 4.78 is 13.4. The first-order valence-corrected chi connectivity index (χ1v) is 6.55. The molecule has 1 nitrogen and oxygen atoms in total. The molecule has 0 fully saturated rings. The summed E-state index contributed by atoms with van der Waals surface area (Å²) in [5, 5.41) is 9.07. The smallest absolute Gasteiger partial charge is 0.124 e. The predicted octanol–water partition coefficient (Wildman–Crippen LogP) is 4.09. The first kappa shape index (κ1) is 13.1. The van der Waals surface area contributed by atoms with Crippen molar-refractivity contribution in [3.05, 3.63) is 58.9 Å². The maximum atomic E-state index is 13.4. The number of rotatable bonds is 3. The van der Waals surface area contributed by atoms with Crippen LogP contribution in [-0.2, 0) is 6.61 Å². The Bertz CT molecular complexity index is 566. The molecule has 2 aromatic carbocycles. The summed E-state index contributed by atoms with van der Waals surface area (Å²) >= 11 is 1.52. The van der Waals surface area contributed by atoms with Crippen molar-refractivity contribution in [3.8, 4) is 0 Å². The number of aryl methyl sites for hydroxylation is 2. The van der Waals surface area contributed by atoms with Crippen LogP contribution in [0.25, 0.3) is 0 Å². The molecule has 0 heterocycles. The summed E-state index contributed by atoms with van der Waals surface area (Å²) in [5.74, 6) is -0.311. The average molecular weight is 262 g/mol. The summed E-state index contributed by atoms with van der Waals surface area (Å²) in [6, 6.07) is 10.8. The largest absolute Gasteiger partial charge is 0.392 e. The second-order valence-electron chi connectivity index (χ2n) is 4.32. The number of aliphatic hydroxyl groups excluding tert-OH is 1. The zero-order chi connectivity index (χ0) is 13.1. The van der Waals surface area contributed by atoms with Crippen LogP contribution < -0.4 is 0 Å². The molecule has 0 spiro atoms. The van der Waals surface area contributed by atoms with Crippen molar-refractivity contribution < 1.29 is 9.50 Å². The molecule has 18 heavy (non-hydrogen) atoms. The van der Waals surface area contributed by atoms with Gasteiger partial charge < -0.3 is 5.11 Å². The number of aliphatic hydroxyl groups is 1. The lowest BCUT2D eigenvalue weighted by Gasteiger charge is -2.08. The van der Waals surface area contributed by atoms with Crippen molar-refractivity contribution in [1.82, 2.24) is 0 Å². The fraction of sp³-hybridized carbons (Fsp3) is 0.200. The van der Waals surface area contributed by atoms with Gasteiger partial charge in [0.2, 0.25) is 0 Å². The van der Waals surface area contributed by atoms with E-state index in [9.17, 15) is 4.39 Å². The van der Waals surface area contributed by atoms with Crippen LogP contribution >= 0.6 is 11.8 Å². The first-order valence-electron chi connectivity index (χ1n) is 5.74. The molecule has 0 aliphatic heterocycles. The highest BCUT2D eigenvalue weighted by atomic mass is 32.2. The van der Waals surface area contributed by atoms with Gasteiger partial charge in [0, 0.05) is 9.79 Å². The van der Waals surface area contributed by atoms with E-state index < -0.39 is 0 Å². The highest BCUT2D eigenvalue weighted by Gasteiger charge is 2.05. The van der Waals surface area contributed by atoms with E-state index >= 15 is 0 Å². The molecule has 0 atom stereocenters. The third-order valence-corrected chi connectivity index (χ3v) is 3.82. The predicted molar refractivity (Wildman–Crippen MR) is 72.4 cm³/mol. The topological polar surface area (TPSA) is 20.2 Å². The fourth-order valence-electron chi connectivity index (χ4n) is 1.81. The molecule has 2 aromatic rings. The number of hydrogen-bond acceptors (Lipinski definition) is 2. The van der Waals surface area contributed by atoms with Gasteiger partial charge in [-0.15, -0.1) is 0 Å². The highest BCUT2D eigenvalue weighted by Crippen LogP contribution is 2.31. The van der Waals surface area contributed by atoms with Gasteiger partial charge >= 0.3 is 0 Å². The van der Waals surface area contributed by atoms with Crippen LogP contribution in [0.15, 0.2) is 46.2 Å². The Labute approximate surface area is 111 Å². The quantitative estimate of drug-likeness (QED) is 0.899. The van der Waals surface area contributed by atoms with E-state index in [2.05, 4.69) is 6.07 Å². The van der Waals surface area contributed by atoms with E-state index in [1.54, 1.807) is 0 Å². The fourth-order valence-corrected chi connectivity index (χ4v) is 2.80. The zero-order valence-corrected chi connectivity index (χ0v) is 11.2. The van der Waals surface area contributed by atoms with Gasteiger partial charge in [0.05, 0.1) is 6.61 Å². The van der Waals surface area contributed by atoms with Crippen molar-refractivity contribution in [3.63, 3.8) is 0 Å². The molecule has 3 heteroatoms. The van der Waals surface area contributed by atoms with E-state index in [0.717, 1.165) is 9.79 Å². The minimum atomic E-state index is -0.311. The van der Waals surface area contributed by atoms with E-state index in [4.69, 9.17) is 5.11 Å². The SMILES string of the molecule is Cc1ccc(Sc2cc(F)cc(CO)c2)c(C)c1. The van der Waals surface area contributed by atoms with E-state index in [1.165, 1.54) is 35.0 Å². The zero-order valence-electron chi connectivity index (χ0n) is 10.4. The van der Waals surface area contributed by atoms with Gasteiger partial charge in [0.15, 0.2) is 0 Å². The first-order chi connectivity index (χ1) is 8.58. The Kier molecular flexibility index (Phi) is 4.04. The second-order valence-corrected chi connectivity index (χ2v) is 5.44. The Morgan fingerprint density at radius 3 is 2.56 bits per heavy atom. The van der Waals surface area contributed by atoms with Gasteiger partial charge in [-0.3, -0.25) is 0 Å². The van der Waals surface area contributed by atoms with Crippen LogP contribution in [0.5, 0.6) is 0 Å². The van der Waals surface area contributed by atoms with Gasteiger partial charge in [-0.2, -0.15) is 0 Å². The lowest BCUT2D eigenvalue weighted by Crippen LogP contribution is -1.88. The molecular weight excluding hydrogens is 247 g/mol.